The summed E-state index contributed by atoms with van der Waals surface area (Å²) in [5, 5.41) is 18.0. The molecule has 0 saturated heterocycles. The van der Waals surface area contributed by atoms with E-state index in [1.807, 2.05) is 31.2 Å². The summed E-state index contributed by atoms with van der Waals surface area (Å²) in [6, 6.07) is 12.7. The molecule has 0 aliphatic carbocycles. The van der Waals surface area contributed by atoms with Crippen LogP contribution in [0.5, 0.6) is 0 Å². The monoisotopic (exact) mass is 257 g/mol. The van der Waals surface area contributed by atoms with Gasteiger partial charge in [-0.25, -0.2) is 10.3 Å². The van der Waals surface area contributed by atoms with Crippen molar-refractivity contribution in [1.82, 2.24) is 5.48 Å². The Morgan fingerprint density at radius 2 is 1.89 bits per heavy atom. The van der Waals surface area contributed by atoms with Crippen molar-refractivity contribution >= 4 is 5.97 Å². The molecule has 0 atom stereocenters. The molecule has 0 bridgehead atoms. The van der Waals surface area contributed by atoms with Crippen LogP contribution in [0.1, 0.15) is 21.5 Å². The van der Waals surface area contributed by atoms with Gasteiger partial charge < -0.3 is 10.3 Å². The Bertz CT molecular complexity index is 608. The largest absolute Gasteiger partial charge is 0.478 e. The fraction of sp³-hybridized carbons (Fsp3) is 0.133. The molecule has 0 aromatic heterocycles. The fourth-order valence-corrected chi connectivity index (χ4v) is 2.08. The van der Waals surface area contributed by atoms with E-state index in [0.29, 0.717) is 5.56 Å². The maximum absolute atomic E-state index is 11.3. The number of rotatable bonds is 4. The fourth-order valence-electron chi connectivity index (χ4n) is 2.08. The number of nitrogens with one attached hydrogen (secondary N) is 1. The average molecular weight is 257 g/mol. The Hall–Kier alpha value is -2.17. The minimum atomic E-state index is -0.957. The van der Waals surface area contributed by atoms with Crippen molar-refractivity contribution in [3.05, 3.63) is 59.2 Å². The molecule has 0 heterocycles. The van der Waals surface area contributed by atoms with Gasteiger partial charge in [-0.2, -0.15) is 0 Å². The molecule has 0 spiro atoms. The van der Waals surface area contributed by atoms with Crippen LogP contribution in [0.3, 0.4) is 0 Å². The zero-order valence-corrected chi connectivity index (χ0v) is 10.6. The minimum Gasteiger partial charge on any atom is -0.478 e. The van der Waals surface area contributed by atoms with E-state index in [9.17, 15) is 9.90 Å². The molecule has 3 N–H and O–H groups in total. The topological polar surface area (TPSA) is 69.6 Å². The van der Waals surface area contributed by atoms with Crippen LogP contribution in [0, 0.1) is 6.92 Å². The number of aryl methyl sites for hydroxylation is 1. The SMILES string of the molecule is Cc1ccccc1-c1cc(CNO)ccc1C(=O)O. The second kappa shape index (κ2) is 5.65. The van der Waals surface area contributed by atoms with E-state index in [-0.39, 0.29) is 12.1 Å². The van der Waals surface area contributed by atoms with Crippen molar-refractivity contribution in [3.8, 4) is 11.1 Å². The van der Waals surface area contributed by atoms with Crippen molar-refractivity contribution in [2.75, 3.05) is 0 Å². The normalized spacial score (nSPS) is 10.4. The average Bonchev–Trinajstić information content (AvgIpc) is 2.39. The molecule has 0 unspecified atom stereocenters. The summed E-state index contributed by atoms with van der Waals surface area (Å²) in [5.41, 5.74) is 5.73. The third kappa shape index (κ3) is 2.81. The Kier molecular flexibility index (Phi) is 3.94. The summed E-state index contributed by atoms with van der Waals surface area (Å²) < 4.78 is 0. The first-order chi connectivity index (χ1) is 9.13. The lowest BCUT2D eigenvalue weighted by molar-refractivity contribution is 0.0697. The van der Waals surface area contributed by atoms with Gasteiger partial charge in [-0.15, -0.1) is 0 Å². The summed E-state index contributed by atoms with van der Waals surface area (Å²) in [4.78, 5) is 11.3. The quantitative estimate of drug-likeness (QED) is 0.737. The maximum Gasteiger partial charge on any atom is 0.336 e. The molecule has 0 aliphatic heterocycles. The number of carboxylic acids is 1. The highest BCUT2D eigenvalue weighted by molar-refractivity contribution is 5.96. The standard InChI is InChI=1S/C15H15NO3/c1-10-4-2-3-5-12(10)14-8-11(9-16-19)6-7-13(14)15(17)18/h2-8,16,19H,9H2,1H3,(H,17,18). The molecular formula is C15H15NO3. The smallest absolute Gasteiger partial charge is 0.336 e. The van der Waals surface area contributed by atoms with Gasteiger partial charge in [0.05, 0.1) is 5.56 Å². The molecule has 0 fully saturated rings. The van der Waals surface area contributed by atoms with E-state index in [1.54, 1.807) is 18.2 Å². The molecule has 2 rings (SSSR count). The van der Waals surface area contributed by atoms with Crippen molar-refractivity contribution < 1.29 is 15.1 Å². The van der Waals surface area contributed by atoms with Crippen molar-refractivity contribution in [3.63, 3.8) is 0 Å². The lowest BCUT2D eigenvalue weighted by atomic mass is 9.94. The molecule has 4 heteroatoms. The number of hydrogen-bond acceptors (Lipinski definition) is 3. The van der Waals surface area contributed by atoms with Crippen LogP contribution in [0.15, 0.2) is 42.5 Å². The second-order valence-corrected chi connectivity index (χ2v) is 4.33. The summed E-state index contributed by atoms with van der Waals surface area (Å²) in [7, 11) is 0. The van der Waals surface area contributed by atoms with Crippen LogP contribution in [-0.4, -0.2) is 16.3 Å². The highest BCUT2D eigenvalue weighted by Crippen LogP contribution is 2.28. The van der Waals surface area contributed by atoms with Gasteiger partial charge in [0.1, 0.15) is 0 Å². The van der Waals surface area contributed by atoms with Crippen LogP contribution >= 0.6 is 0 Å². The van der Waals surface area contributed by atoms with Crippen LogP contribution in [0.25, 0.3) is 11.1 Å². The number of carboxylic acid groups (broad SMARTS) is 1. The van der Waals surface area contributed by atoms with E-state index in [1.165, 1.54) is 0 Å². The third-order valence-corrected chi connectivity index (χ3v) is 3.03. The number of hydroxylamine groups is 1. The van der Waals surface area contributed by atoms with E-state index >= 15 is 0 Å². The van der Waals surface area contributed by atoms with E-state index in [4.69, 9.17) is 5.21 Å². The highest BCUT2D eigenvalue weighted by atomic mass is 16.5. The Morgan fingerprint density at radius 1 is 1.16 bits per heavy atom. The van der Waals surface area contributed by atoms with Gasteiger partial charge in [0, 0.05) is 6.54 Å². The van der Waals surface area contributed by atoms with Crippen molar-refractivity contribution in [1.29, 1.82) is 0 Å². The molecule has 2 aromatic rings. The molecule has 0 aliphatic rings. The first kappa shape index (κ1) is 13.3. The first-order valence-electron chi connectivity index (χ1n) is 5.92. The lowest BCUT2D eigenvalue weighted by Crippen LogP contribution is -2.08. The summed E-state index contributed by atoms with van der Waals surface area (Å²) >= 11 is 0. The molecule has 0 saturated carbocycles. The predicted octanol–water partition coefficient (Wildman–Crippen LogP) is 2.84. The Balaban J connectivity index is 2.61. The van der Waals surface area contributed by atoms with Gasteiger partial charge in [0.2, 0.25) is 0 Å². The van der Waals surface area contributed by atoms with Crippen LogP contribution in [-0.2, 0) is 6.54 Å². The molecule has 0 amide bonds. The summed E-state index contributed by atoms with van der Waals surface area (Å²) in [6.07, 6.45) is 0. The lowest BCUT2D eigenvalue weighted by Gasteiger charge is -2.11. The van der Waals surface area contributed by atoms with Crippen LogP contribution < -0.4 is 5.48 Å². The number of benzene rings is 2. The molecular weight excluding hydrogens is 242 g/mol. The Morgan fingerprint density at radius 3 is 2.53 bits per heavy atom. The molecule has 19 heavy (non-hydrogen) atoms. The van der Waals surface area contributed by atoms with E-state index in [2.05, 4.69) is 5.48 Å². The molecule has 0 radical (unpaired) electrons. The predicted molar refractivity (Wildman–Crippen MR) is 72.2 cm³/mol. The van der Waals surface area contributed by atoms with Gasteiger partial charge >= 0.3 is 5.97 Å². The van der Waals surface area contributed by atoms with Gasteiger partial charge in [0.25, 0.3) is 0 Å². The van der Waals surface area contributed by atoms with E-state index < -0.39 is 5.97 Å². The van der Waals surface area contributed by atoms with Gasteiger partial charge in [-0.05, 0) is 41.3 Å². The maximum atomic E-state index is 11.3. The highest BCUT2D eigenvalue weighted by Gasteiger charge is 2.13. The number of aromatic carboxylic acids is 1. The van der Waals surface area contributed by atoms with Crippen molar-refractivity contribution in [2.24, 2.45) is 0 Å². The van der Waals surface area contributed by atoms with Crippen molar-refractivity contribution in [2.45, 2.75) is 13.5 Å². The molecule has 98 valence electrons. The summed E-state index contributed by atoms with van der Waals surface area (Å²) in [5.74, 6) is -0.957. The van der Waals surface area contributed by atoms with Gasteiger partial charge in [-0.1, -0.05) is 30.3 Å². The third-order valence-electron chi connectivity index (χ3n) is 3.03. The first-order valence-corrected chi connectivity index (χ1v) is 5.92. The zero-order chi connectivity index (χ0) is 13.8. The van der Waals surface area contributed by atoms with Gasteiger partial charge in [-0.3, -0.25) is 0 Å². The zero-order valence-electron chi connectivity index (χ0n) is 10.6. The number of carbonyl (C=O) groups is 1. The van der Waals surface area contributed by atoms with E-state index in [0.717, 1.165) is 16.7 Å². The molecule has 2 aromatic carbocycles. The minimum absolute atomic E-state index is 0.260. The Labute approximate surface area is 111 Å². The second-order valence-electron chi connectivity index (χ2n) is 4.33. The summed E-state index contributed by atoms with van der Waals surface area (Å²) in [6.45, 7) is 2.22. The van der Waals surface area contributed by atoms with Crippen LogP contribution in [0.2, 0.25) is 0 Å². The molecule has 4 nitrogen and oxygen atoms in total. The van der Waals surface area contributed by atoms with Gasteiger partial charge in [0.15, 0.2) is 0 Å². The number of hydrogen-bond donors (Lipinski definition) is 3. The van der Waals surface area contributed by atoms with Crippen LogP contribution in [0.4, 0.5) is 0 Å².